The lowest BCUT2D eigenvalue weighted by Crippen LogP contribution is -2.13. The molecule has 0 aromatic carbocycles. The van der Waals surface area contributed by atoms with Gasteiger partial charge in [-0.25, -0.2) is 0 Å². The zero-order chi connectivity index (χ0) is 16.4. The quantitative estimate of drug-likeness (QED) is 0.759. The number of aryl methyl sites for hydroxylation is 3. The van der Waals surface area contributed by atoms with Crippen molar-refractivity contribution in [2.24, 2.45) is 10.4 Å². The Morgan fingerprint density at radius 3 is 2.00 bits per heavy atom. The summed E-state index contributed by atoms with van der Waals surface area (Å²) in [5.74, 6) is 0. The van der Waals surface area contributed by atoms with Crippen LogP contribution >= 0.6 is 0 Å². The van der Waals surface area contributed by atoms with Crippen molar-refractivity contribution in [3.05, 3.63) is 32.6 Å². The van der Waals surface area contributed by atoms with E-state index >= 15 is 0 Å². The van der Waals surface area contributed by atoms with Gasteiger partial charge in [0.15, 0.2) is 11.4 Å². The summed E-state index contributed by atoms with van der Waals surface area (Å²) in [6.45, 7) is 9.89. The third-order valence-corrected chi connectivity index (χ3v) is 3.99. The normalized spacial score (nSPS) is 12.4. The molecule has 0 saturated carbocycles. The lowest BCUT2D eigenvalue weighted by atomic mass is 10.2. The molecular formula is C14H20N6O2. The SMILES string of the molecule is Cc1nn(CCC(C)n2nc(C)c(N=O)c2C)c(C)c1N=O. The molecular weight excluding hydrogens is 284 g/mol. The van der Waals surface area contributed by atoms with Gasteiger partial charge in [-0.2, -0.15) is 10.2 Å². The zero-order valence-corrected chi connectivity index (χ0v) is 13.5. The van der Waals surface area contributed by atoms with Crippen LogP contribution in [0.3, 0.4) is 0 Å². The summed E-state index contributed by atoms with van der Waals surface area (Å²) < 4.78 is 3.60. The van der Waals surface area contributed by atoms with E-state index in [0.717, 1.165) is 17.8 Å². The highest BCUT2D eigenvalue weighted by atomic mass is 16.3. The van der Waals surface area contributed by atoms with E-state index in [2.05, 4.69) is 20.6 Å². The van der Waals surface area contributed by atoms with Crippen molar-refractivity contribution in [1.82, 2.24) is 19.6 Å². The Bertz CT molecular complexity index is 715. The Morgan fingerprint density at radius 2 is 1.50 bits per heavy atom. The maximum Gasteiger partial charge on any atom is 0.151 e. The molecule has 0 spiro atoms. The van der Waals surface area contributed by atoms with E-state index in [1.54, 1.807) is 18.5 Å². The van der Waals surface area contributed by atoms with Gasteiger partial charge in [-0.15, -0.1) is 9.81 Å². The molecule has 0 saturated heterocycles. The number of hydrogen-bond donors (Lipinski definition) is 0. The summed E-state index contributed by atoms with van der Waals surface area (Å²) >= 11 is 0. The Kier molecular flexibility index (Phi) is 4.48. The van der Waals surface area contributed by atoms with Gasteiger partial charge in [0.25, 0.3) is 0 Å². The van der Waals surface area contributed by atoms with Crippen LogP contribution in [0.2, 0.25) is 0 Å². The average Bonchev–Trinajstić information content (AvgIpc) is 2.92. The highest BCUT2D eigenvalue weighted by Gasteiger charge is 2.18. The van der Waals surface area contributed by atoms with Gasteiger partial charge in [-0.05, 0) is 51.4 Å². The van der Waals surface area contributed by atoms with Crippen LogP contribution in [0.5, 0.6) is 0 Å². The Morgan fingerprint density at radius 1 is 0.955 bits per heavy atom. The van der Waals surface area contributed by atoms with Crippen LogP contribution in [0, 0.1) is 37.5 Å². The highest BCUT2D eigenvalue weighted by molar-refractivity contribution is 5.46. The van der Waals surface area contributed by atoms with Gasteiger partial charge in [0.05, 0.1) is 28.8 Å². The van der Waals surface area contributed by atoms with E-state index in [-0.39, 0.29) is 6.04 Å². The fraction of sp³-hybridized carbons (Fsp3) is 0.571. The molecule has 1 atom stereocenters. The summed E-state index contributed by atoms with van der Waals surface area (Å²) in [6.07, 6.45) is 0.764. The van der Waals surface area contributed by atoms with E-state index in [1.165, 1.54) is 0 Å². The molecule has 8 heteroatoms. The lowest BCUT2D eigenvalue weighted by Gasteiger charge is -2.14. The smallest absolute Gasteiger partial charge is 0.151 e. The second-order valence-electron chi connectivity index (χ2n) is 5.53. The fourth-order valence-electron chi connectivity index (χ4n) is 2.68. The van der Waals surface area contributed by atoms with Gasteiger partial charge in [0, 0.05) is 6.54 Å². The first-order valence-corrected chi connectivity index (χ1v) is 7.17. The fourth-order valence-corrected chi connectivity index (χ4v) is 2.68. The number of nitroso groups, excluding NO2 is 2. The van der Waals surface area contributed by atoms with Gasteiger partial charge in [0.1, 0.15) is 0 Å². The molecule has 0 aliphatic rings. The molecule has 8 nitrogen and oxygen atoms in total. The highest BCUT2D eigenvalue weighted by Crippen LogP contribution is 2.27. The first-order valence-electron chi connectivity index (χ1n) is 7.17. The van der Waals surface area contributed by atoms with Crippen molar-refractivity contribution in [3.8, 4) is 0 Å². The van der Waals surface area contributed by atoms with E-state index in [0.29, 0.717) is 29.3 Å². The molecule has 0 aliphatic heterocycles. The largest absolute Gasteiger partial charge is 0.267 e. The van der Waals surface area contributed by atoms with Gasteiger partial charge in [0.2, 0.25) is 0 Å². The van der Waals surface area contributed by atoms with Gasteiger partial charge in [-0.3, -0.25) is 9.36 Å². The van der Waals surface area contributed by atoms with Crippen molar-refractivity contribution in [1.29, 1.82) is 0 Å². The standard InChI is InChI=1S/C14H20N6O2/c1-8(20-12(5)14(18-22)10(3)16-20)6-7-19-11(4)13(17-21)9(2)15-19/h8H,6-7H2,1-5H3. The molecule has 0 fully saturated rings. The Balaban J connectivity index is 2.15. The van der Waals surface area contributed by atoms with Crippen LogP contribution in [-0.2, 0) is 6.54 Å². The summed E-state index contributed by atoms with van der Waals surface area (Å²) in [6, 6.07) is 0.0887. The second-order valence-corrected chi connectivity index (χ2v) is 5.53. The van der Waals surface area contributed by atoms with Crippen LogP contribution < -0.4 is 0 Å². The van der Waals surface area contributed by atoms with Crippen molar-refractivity contribution in [3.63, 3.8) is 0 Å². The molecule has 22 heavy (non-hydrogen) atoms. The van der Waals surface area contributed by atoms with Crippen LogP contribution in [0.15, 0.2) is 10.4 Å². The minimum absolute atomic E-state index is 0.0887. The molecule has 0 amide bonds. The van der Waals surface area contributed by atoms with E-state index in [1.807, 2.05) is 25.5 Å². The van der Waals surface area contributed by atoms with Crippen molar-refractivity contribution in [2.75, 3.05) is 0 Å². The number of rotatable bonds is 6. The first-order chi connectivity index (χ1) is 10.4. The van der Waals surface area contributed by atoms with Gasteiger partial charge in [-0.1, -0.05) is 0 Å². The molecule has 2 heterocycles. The van der Waals surface area contributed by atoms with Crippen LogP contribution in [-0.4, -0.2) is 19.6 Å². The topological polar surface area (TPSA) is 94.5 Å². The summed E-state index contributed by atoms with van der Waals surface area (Å²) in [7, 11) is 0. The third-order valence-electron chi connectivity index (χ3n) is 3.99. The second kappa shape index (κ2) is 6.17. The summed E-state index contributed by atoms with van der Waals surface area (Å²) in [4.78, 5) is 21.6. The van der Waals surface area contributed by atoms with Gasteiger partial charge < -0.3 is 0 Å². The Hall–Kier alpha value is -2.38. The van der Waals surface area contributed by atoms with Crippen LogP contribution in [0.25, 0.3) is 0 Å². The van der Waals surface area contributed by atoms with E-state index < -0.39 is 0 Å². The number of hydrogen-bond acceptors (Lipinski definition) is 6. The number of aromatic nitrogens is 4. The van der Waals surface area contributed by atoms with Crippen molar-refractivity contribution < 1.29 is 0 Å². The molecule has 1 unspecified atom stereocenters. The molecule has 118 valence electrons. The predicted octanol–water partition coefficient (Wildman–Crippen LogP) is 3.76. The number of nitrogens with zero attached hydrogens (tertiary/aromatic N) is 6. The molecule has 2 aromatic heterocycles. The molecule has 0 radical (unpaired) electrons. The Labute approximate surface area is 128 Å². The first kappa shape index (κ1) is 16.0. The predicted molar refractivity (Wildman–Crippen MR) is 83.6 cm³/mol. The molecule has 0 aliphatic carbocycles. The lowest BCUT2D eigenvalue weighted by molar-refractivity contribution is 0.405. The molecule has 0 N–H and O–H groups in total. The monoisotopic (exact) mass is 304 g/mol. The van der Waals surface area contributed by atoms with E-state index in [9.17, 15) is 9.81 Å². The maximum atomic E-state index is 10.8. The van der Waals surface area contributed by atoms with Gasteiger partial charge >= 0.3 is 0 Å². The average molecular weight is 304 g/mol. The third kappa shape index (κ3) is 2.68. The summed E-state index contributed by atoms with van der Waals surface area (Å²) in [5, 5.41) is 14.8. The summed E-state index contributed by atoms with van der Waals surface area (Å²) in [5.41, 5.74) is 3.63. The van der Waals surface area contributed by atoms with Crippen LogP contribution in [0.1, 0.15) is 42.2 Å². The molecule has 2 rings (SSSR count). The molecule has 0 bridgehead atoms. The molecule has 2 aromatic rings. The van der Waals surface area contributed by atoms with Crippen LogP contribution in [0.4, 0.5) is 11.4 Å². The minimum atomic E-state index is 0.0887. The zero-order valence-electron chi connectivity index (χ0n) is 13.5. The van der Waals surface area contributed by atoms with Crippen molar-refractivity contribution >= 4 is 11.4 Å². The maximum absolute atomic E-state index is 10.8. The van der Waals surface area contributed by atoms with Crippen molar-refractivity contribution in [2.45, 2.75) is 53.6 Å². The minimum Gasteiger partial charge on any atom is -0.267 e. The van der Waals surface area contributed by atoms with E-state index in [4.69, 9.17) is 0 Å².